The highest BCUT2D eigenvalue weighted by molar-refractivity contribution is 7.99. The van der Waals surface area contributed by atoms with Crippen LogP contribution in [0.25, 0.3) is 10.2 Å². The van der Waals surface area contributed by atoms with E-state index in [0.717, 1.165) is 21.5 Å². The van der Waals surface area contributed by atoms with E-state index >= 15 is 0 Å². The molecule has 4 nitrogen and oxygen atoms in total. The average molecular weight is 405 g/mol. The van der Waals surface area contributed by atoms with Crippen molar-refractivity contribution in [2.75, 3.05) is 19.5 Å². The molecule has 0 spiro atoms. The summed E-state index contributed by atoms with van der Waals surface area (Å²) >= 11 is 3.08. The molecule has 0 atom stereocenters. The van der Waals surface area contributed by atoms with Crippen LogP contribution < -0.4 is 4.80 Å². The maximum Gasteiger partial charge on any atom is 0.252 e. The molecule has 0 aliphatic heterocycles. The number of halogens is 1. The van der Waals surface area contributed by atoms with Crippen molar-refractivity contribution in [3.8, 4) is 0 Å². The Morgan fingerprint density at radius 2 is 2.04 bits per heavy atom. The smallest absolute Gasteiger partial charge is 0.252 e. The average Bonchev–Trinajstić information content (AvgIpc) is 2.97. The van der Waals surface area contributed by atoms with Crippen LogP contribution in [0.3, 0.4) is 0 Å². The van der Waals surface area contributed by atoms with Crippen LogP contribution in [0, 0.1) is 5.82 Å². The SMILES string of the molecule is CCSc1ccc(CC(=O)N=c2sc3cc(F)ccc3n2CCOC)cc1. The van der Waals surface area contributed by atoms with Gasteiger partial charge in [0, 0.05) is 18.6 Å². The van der Waals surface area contributed by atoms with Crippen molar-refractivity contribution < 1.29 is 13.9 Å². The fourth-order valence-electron chi connectivity index (χ4n) is 2.72. The van der Waals surface area contributed by atoms with Gasteiger partial charge in [-0.25, -0.2) is 4.39 Å². The molecule has 1 aromatic heterocycles. The Hall–Kier alpha value is -1.96. The number of benzene rings is 2. The molecule has 0 fully saturated rings. The lowest BCUT2D eigenvalue weighted by Crippen LogP contribution is -2.19. The van der Waals surface area contributed by atoms with E-state index in [1.165, 1.54) is 28.4 Å². The predicted octanol–water partition coefficient (Wildman–Crippen LogP) is 4.27. The van der Waals surface area contributed by atoms with Crippen molar-refractivity contribution in [1.82, 2.24) is 4.57 Å². The number of hydrogen-bond donors (Lipinski definition) is 0. The van der Waals surface area contributed by atoms with Crippen LogP contribution in [-0.4, -0.2) is 29.9 Å². The summed E-state index contributed by atoms with van der Waals surface area (Å²) in [5.41, 5.74) is 1.78. The molecule has 0 aliphatic carbocycles. The van der Waals surface area contributed by atoms with Gasteiger partial charge in [-0.2, -0.15) is 4.99 Å². The second kappa shape index (κ2) is 9.30. The molecule has 142 valence electrons. The van der Waals surface area contributed by atoms with Crippen molar-refractivity contribution in [2.45, 2.75) is 24.8 Å². The second-order valence-corrected chi connectivity index (χ2v) is 8.25. The molecule has 0 unspecified atom stereocenters. The predicted molar refractivity (Wildman–Crippen MR) is 109 cm³/mol. The monoisotopic (exact) mass is 404 g/mol. The standard InChI is InChI=1S/C20H21FN2O2S2/c1-3-26-16-7-4-14(5-8-16)12-19(24)22-20-23(10-11-25-2)17-9-6-15(21)13-18(17)27-20/h4-9,13H,3,10-12H2,1-2H3. The van der Waals surface area contributed by atoms with Crippen LogP contribution in [0.15, 0.2) is 52.4 Å². The zero-order valence-corrected chi connectivity index (χ0v) is 16.9. The van der Waals surface area contributed by atoms with E-state index in [1.54, 1.807) is 24.9 Å². The molecule has 1 heterocycles. The van der Waals surface area contributed by atoms with Gasteiger partial charge in [-0.1, -0.05) is 30.4 Å². The van der Waals surface area contributed by atoms with E-state index in [4.69, 9.17) is 4.74 Å². The second-order valence-electron chi connectivity index (χ2n) is 5.90. The Labute approximate surface area is 165 Å². The normalized spacial score (nSPS) is 12.0. The van der Waals surface area contributed by atoms with Gasteiger partial charge in [-0.05, 0) is 41.6 Å². The maximum absolute atomic E-state index is 13.5. The zero-order valence-electron chi connectivity index (χ0n) is 15.3. The maximum atomic E-state index is 13.5. The van der Waals surface area contributed by atoms with Gasteiger partial charge in [0.25, 0.3) is 5.91 Å². The van der Waals surface area contributed by atoms with Crippen molar-refractivity contribution in [2.24, 2.45) is 4.99 Å². The van der Waals surface area contributed by atoms with Gasteiger partial charge in [-0.15, -0.1) is 11.8 Å². The van der Waals surface area contributed by atoms with Crippen molar-refractivity contribution in [1.29, 1.82) is 0 Å². The summed E-state index contributed by atoms with van der Waals surface area (Å²) in [7, 11) is 1.62. The number of thioether (sulfide) groups is 1. The first-order valence-corrected chi connectivity index (χ1v) is 10.5. The molecule has 0 bridgehead atoms. The lowest BCUT2D eigenvalue weighted by Gasteiger charge is -2.04. The van der Waals surface area contributed by atoms with Gasteiger partial charge in [-0.3, -0.25) is 4.79 Å². The Balaban J connectivity index is 1.88. The molecule has 0 N–H and O–H groups in total. The van der Waals surface area contributed by atoms with Gasteiger partial charge in [0.05, 0.1) is 23.2 Å². The highest BCUT2D eigenvalue weighted by Crippen LogP contribution is 2.19. The number of fused-ring (bicyclic) bond motifs is 1. The first kappa shape index (κ1) is 19.8. The number of nitrogens with zero attached hydrogens (tertiary/aromatic N) is 2. The quantitative estimate of drug-likeness (QED) is 0.553. The third-order valence-corrected chi connectivity index (χ3v) is 5.91. The summed E-state index contributed by atoms with van der Waals surface area (Å²) in [4.78, 5) is 18.5. The third kappa shape index (κ3) is 5.06. The van der Waals surface area contributed by atoms with E-state index in [1.807, 2.05) is 28.8 Å². The first-order valence-electron chi connectivity index (χ1n) is 8.68. The minimum absolute atomic E-state index is 0.218. The van der Waals surface area contributed by atoms with Gasteiger partial charge >= 0.3 is 0 Å². The van der Waals surface area contributed by atoms with E-state index in [-0.39, 0.29) is 18.1 Å². The topological polar surface area (TPSA) is 43.6 Å². The van der Waals surface area contributed by atoms with Crippen LogP contribution in [0.2, 0.25) is 0 Å². The number of thiazole rings is 1. The number of aromatic nitrogens is 1. The highest BCUT2D eigenvalue weighted by atomic mass is 32.2. The van der Waals surface area contributed by atoms with E-state index < -0.39 is 0 Å². The van der Waals surface area contributed by atoms with Crippen LogP contribution in [0.4, 0.5) is 4.39 Å². The summed E-state index contributed by atoms with van der Waals surface area (Å²) in [5.74, 6) is 0.497. The van der Waals surface area contributed by atoms with Crippen molar-refractivity contribution >= 4 is 39.2 Å². The van der Waals surface area contributed by atoms with Gasteiger partial charge < -0.3 is 9.30 Å². The lowest BCUT2D eigenvalue weighted by molar-refractivity contribution is -0.117. The van der Waals surface area contributed by atoms with Gasteiger partial charge in [0.1, 0.15) is 5.82 Å². The summed E-state index contributed by atoms with van der Waals surface area (Å²) in [6, 6.07) is 12.6. The molecule has 3 rings (SSSR count). The Morgan fingerprint density at radius 1 is 1.26 bits per heavy atom. The van der Waals surface area contributed by atoms with Crippen LogP contribution >= 0.6 is 23.1 Å². The fourth-order valence-corrected chi connectivity index (χ4v) is 4.48. The molecule has 27 heavy (non-hydrogen) atoms. The molecule has 7 heteroatoms. The molecular formula is C20H21FN2O2S2. The van der Waals surface area contributed by atoms with Gasteiger partial charge in [0.15, 0.2) is 4.80 Å². The Kier molecular flexibility index (Phi) is 6.82. The zero-order chi connectivity index (χ0) is 19.2. The largest absolute Gasteiger partial charge is 0.383 e. The van der Waals surface area contributed by atoms with Crippen LogP contribution in [0.5, 0.6) is 0 Å². The Bertz CT molecular complexity index is 993. The number of ether oxygens (including phenoxy) is 1. The number of hydrogen-bond acceptors (Lipinski definition) is 4. The third-order valence-electron chi connectivity index (χ3n) is 3.97. The summed E-state index contributed by atoms with van der Waals surface area (Å²) in [6.45, 7) is 3.15. The molecule has 3 aromatic rings. The van der Waals surface area contributed by atoms with Crippen LogP contribution in [-0.2, 0) is 22.5 Å². The molecule has 0 saturated carbocycles. The minimum atomic E-state index is -0.300. The molecule has 1 amide bonds. The number of methoxy groups -OCH3 is 1. The van der Waals surface area contributed by atoms with E-state index in [2.05, 4.69) is 11.9 Å². The summed E-state index contributed by atoms with van der Waals surface area (Å²) < 4.78 is 21.4. The summed E-state index contributed by atoms with van der Waals surface area (Å²) in [5, 5.41) is 0. The van der Waals surface area contributed by atoms with E-state index in [9.17, 15) is 9.18 Å². The van der Waals surface area contributed by atoms with Crippen LogP contribution in [0.1, 0.15) is 12.5 Å². The first-order chi connectivity index (χ1) is 13.1. The number of amides is 1. The summed E-state index contributed by atoms with van der Waals surface area (Å²) in [6.07, 6.45) is 0.240. The number of carbonyl (C=O) groups is 1. The minimum Gasteiger partial charge on any atom is -0.383 e. The highest BCUT2D eigenvalue weighted by Gasteiger charge is 2.09. The number of rotatable bonds is 7. The van der Waals surface area contributed by atoms with Gasteiger partial charge in [0.2, 0.25) is 0 Å². The van der Waals surface area contributed by atoms with Crippen molar-refractivity contribution in [3.05, 3.63) is 58.6 Å². The molecule has 0 aliphatic rings. The molecular weight excluding hydrogens is 383 g/mol. The molecule has 2 aromatic carbocycles. The number of carbonyl (C=O) groups excluding carboxylic acids is 1. The van der Waals surface area contributed by atoms with Crippen molar-refractivity contribution in [3.63, 3.8) is 0 Å². The molecule has 0 saturated heterocycles. The van der Waals surface area contributed by atoms with E-state index in [0.29, 0.717) is 18.0 Å². The Morgan fingerprint density at radius 3 is 2.74 bits per heavy atom. The fraction of sp³-hybridized carbons (Fsp3) is 0.300. The molecule has 0 radical (unpaired) electrons. The lowest BCUT2D eigenvalue weighted by atomic mass is 10.1.